The minimum Gasteiger partial charge on any atom is -0.339 e. The number of benzene rings is 1. The Labute approximate surface area is 127 Å². The Hall–Kier alpha value is -2.16. The van der Waals surface area contributed by atoms with Gasteiger partial charge in [0.25, 0.3) is 0 Å². The number of hydrogen-bond acceptors (Lipinski definition) is 5. The molecule has 0 radical (unpaired) electrons. The third-order valence-corrected chi connectivity index (χ3v) is 4.66. The van der Waals surface area contributed by atoms with Gasteiger partial charge in [0.05, 0.1) is 16.8 Å². The summed E-state index contributed by atoms with van der Waals surface area (Å²) in [5, 5.41) is 7.76. The summed E-state index contributed by atoms with van der Waals surface area (Å²) in [6.07, 6.45) is -4.47. The van der Waals surface area contributed by atoms with E-state index >= 15 is 0 Å². The van der Waals surface area contributed by atoms with Crippen LogP contribution in [0.3, 0.4) is 0 Å². The van der Waals surface area contributed by atoms with Crippen LogP contribution in [0.15, 0.2) is 24.3 Å². The topological polar surface area (TPSA) is 46.8 Å². The van der Waals surface area contributed by atoms with E-state index in [0.717, 1.165) is 19.9 Å². The predicted molar refractivity (Wildman–Crippen MR) is 75.7 cm³/mol. The van der Waals surface area contributed by atoms with E-state index in [4.69, 9.17) is 0 Å². The molecule has 0 saturated carbocycles. The Morgan fingerprint density at radius 1 is 1.09 bits per heavy atom. The SMILES string of the molecule is FC(F)(F)c1nnc2n1CCN(c1nc3ccccc3s1)C2. The first kappa shape index (κ1) is 13.5. The third kappa shape index (κ3) is 2.12. The van der Waals surface area contributed by atoms with Crippen molar-refractivity contribution in [2.75, 3.05) is 11.4 Å². The van der Waals surface area contributed by atoms with Crippen molar-refractivity contribution in [2.45, 2.75) is 19.3 Å². The molecular formula is C13H10F3N5S. The Balaban J connectivity index is 1.66. The van der Waals surface area contributed by atoms with Crippen LogP contribution in [-0.2, 0) is 19.3 Å². The first-order valence-corrected chi connectivity index (χ1v) is 7.44. The van der Waals surface area contributed by atoms with Gasteiger partial charge in [-0.05, 0) is 12.1 Å². The largest absolute Gasteiger partial charge is 0.451 e. The lowest BCUT2D eigenvalue weighted by Gasteiger charge is -2.27. The highest BCUT2D eigenvalue weighted by Gasteiger charge is 2.39. The van der Waals surface area contributed by atoms with E-state index in [2.05, 4.69) is 15.2 Å². The monoisotopic (exact) mass is 325 g/mol. The molecule has 0 unspecified atom stereocenters. The van der Waals surface area contributed by atoms with E-state index in [1.165, 1.54) is 11.3 Å². The van der Waals surface area contributed by atoms with Gasteiger partial charge in [-0.2, -0.15) is 13.2 Å². The fraction of sp³-hybridized carbons (Fsp3) is 0.308. The predicted octanol–water partition coefficient (Wildman–Crippen LogP) is 2.93. The molecule has 114 valence electrons. The minimum atomic E-state index is -4.47. The minimum absolute atomic E-state index is 0.201. The third-order valence-electron chi connectivity index (χ3n) is 3.56. The summed E-state index contributed by atoms with van der Waals surface area (Å²) in [7, 11) is 0. The molecule has 1 aliphatic heterocycles. The van der Waals surface area contributed by atoms with E-state index in [9.17, 15) is 13.2 Å². The highest BCUT2D eigenvalue weighted by molar-refractivity contribution is 7.22. The Kier molecular flexibility index (Phi) is 2.86. The van der Waals surface area contributed by atoms with Crippen LogP contribution < -0.4 is 4.90 Å². The standard InChI is InChI=1S/C13H10F3N5S/c14-13(15,16)11-19-18-10-7-20(5-6-21(10)11)12-17-8-3-1-2-4-9(8)22-12/h1-4H,5-7H2. The summed E-state index contributed by atoms with van der Waals surface area (Å²) >= 11 is 1.53. The van der Waals surface area contributed by atoms with Crippen molar-refractivity contribution in [1.82, 2.24) is 19.7 Å². The van der Waals surface area contributed by atoms with Crippen molar-refractivity contribution in [3.05, 3.63) is 35.9 Å². The van der Waals surface area contributed by atoms with Crippen molar-refractivity contribution < 1.29 is 13.2 Å². The van der Waals surface area contributed by atoms with Crippen LogP contribution in [0.5, 0.6) is 0 Å². The molecule has 9 heteroatoms. The number of thiazole rings is 1. The van der Waals surface area contributed by atoms with Gasteiger partial charge in [0.2, 0.25) is 5.82 Å². The molecule has 0 spiro atoms. The van der Waals surface area contributed by atoms with Crippen LogP contribution in [0.25, 0.3) is 10.2 Å². The number of hydrogen-bond donors (Lipinski definition) is 0. The Morgan fingerprint density at radius 2 is 1.91 bits per heavy atom. The molecule has 0 amide bonds. The quantitative estimate of drug-likeness (QED) is 0.690. The molecule has 1 aromatic carbocycles. The zero-order valence-electron chi connectivity index (χ0n) is 11.2. The van der Waals surface area contributed by atoms with Crippen molar-refractivity contribution >= 4 is 26.7 Å². The number of anilines is 1. The van der Waals surface area contributed by atoms with Crippen LogP contribution in [-0.4, -0.2) is 26.3 Å². The number of fused-ring (bicyclic) bond motifs is 2. The lowest BCUT2D eigenvalue weighted by molar-refractivity contribution is -0.147. The molecule has 0 aliphatic carbocycles. The Bertz CT molecular complexity index is 805. The molecule has 2 aromatic heterocycles. The molecule has 0 bridgehead atoms. The number of aromatic nitrogens is 4. The summed E-state index contributed by atoms with van der Waals surface area (Å²) in [6, 6.07) is 7.75. The molecule has 0 fully saturated rings. The van der Waals surface area contributed by atoms with Gasteiger partial charge in [0, 0.05) is 13.1 Å². The van der Waals surface area contributed by atoms with E-state index < -0.39 is 12.0 Å². The second-order valence-electron chi connectivity index (χ2n) is 4.97. The van der Waals surface area contributed by atoms with Crippen molar-refractivity contribution in [1.29, 1.82) is 0 Å². The van der Waals surface area contributed by atoms with Gasteiger partial charge < -0.3 is 9.47 Å². The van der Waals surface area contributed by atoms with Gasteiger partial charge in [0.1, 0.15) is 0 Å². The summed E-state index contributed by atoms with van der Waals surface area (Å²) in [4.78, 5) is 6.47. The lowest BCUT2D eigenvalue weighted by atomic mass is 10.3. The van der Waals surface area contributed by atoms with Crippen LogP contribution in [0.2, 0.25) is 0 Å². The zero-order valence-corrected chi connectivity index (χ0v) is 12.0. The molecule has 0 saturated heterocycles. The van der Waals surface area contributed by atoms with Gasteiger partial charge in [-0.25, -0.2) is 4.98 Å². The highest BCUT2D eigenvalue weighted by atomic mass is 32.1. The van der Waals surface area contributed by atoms with E-state index in [1.54, 1.807) is 0 Å². The van der Waals surface area contributed by atoms with Gasteiger partial charge >= 0.3 is 6.18 Å². The van der Waals surface area contributed by atoms with Gasteiger partial charge in [-0.3, -0.25) is 0 Å². The second-order valence-corrected chi connectivity index (χ2v) is 5.98. The van der Waals surface area contributed by atoms with Gasteiger partial charge in [-0.1, -0.05) is 23.5 Å². The van der Waals surface area contributed by atoms with Crippen molar-refractivity contribution in [2.24, 2.45) is 0 Å². The molecule has 3 aromatic rings. The Morgan fingerprint density at radius 3 is 2.68 bits per heavy atom. The average Bonchev–Trinajstić information content (AvgIpc) is 3.09. The maximum atomic E-state index is 12.8. The first-order valence-electron chi connectivity index (χ1n) is 6.62. The van der Waals surface area contributed by atoms with E-state index in [1.807, 2.05) is 29.2 Å². The fourth-order valence-corrected chi connectivity index (χ4v) is 3.52. The molecule has 3 heterocycles. The van der Waals surface area contributed by atoms with Gasteiger partial charge in [0.15, 0.2) is 11.0 Å². The van der Waals surface area contributed by atoms with Crippen molar-refractivity contribution in [3.63, 3.8) is 0 Å². The number of nitrogens with zero attached hydrogens (tertiary/aromatic N) is 5. The number of alkyl halides is 3. The molecule has 5 nitrogen and oxygen atoms in total. The summed E-state index contributed by atoms with van der Waals surface area (Å²) in [6.45, 7) is 0.934. The van der Waals surface area contributed by atoms with Crippen LogP contribution >= 0.6 is 11.3 Å². The second kappa shape index (κ2) is 4.67. The van der Waals surface area contributed by atoms with Gasteiger partial charge in [-0.15, -0.1) is 10.2 Å². The maximum Gasteiger partial charge on any atom is 0.451 e. The average molecular weight is 325 g/mol. The first-order chi connectivity index (χ1) is 10.5. The molecule has 0 atom stereocenters. The molecule has 4 rings (SSSR count). The normalized spacial score (nSPS) is 15.3. The number of halogens is 3. The maximum absolute atomic E-state index is 12.8. The van der Waals surface area contributed by atoms with Crippen LogP contribution in [0.1, 0.15) is 11.6 Å². The van der Waals surface area contributed by atoms with Crippen LogP contribution in [0.4, 0.5) is 18.3 Å². The van der Waals surface area contributed by atoms with Crippen LogP contribution in [0, 0.1) is 0 Å². The molecular weight excluding hydrogens is 315 g/mol. The number of para-hydroxylation sites is 1. The summed E-state index contributed by atoms with van der Waals surface area (Å²) in [5.74, 6) is -0.607. The van der Waals surface area contributed by atoms with E-state index in [0.29, 0.717) is 12.4 Å². The highest BCUT2D eigenvalue weighted by Crippen LogP contribution is 2.33. The molecule has 1 aliphatic rings. The van der Waals surface area contributed by atoms with Crippen molar-refractivity contribution in [3.8, 4) is 0 Å². The number of rotatable bonds is 1. The summed E-state index contributed by atoms with van der Waals surface area (Å²) < 4.78 is 40.7. The smallest absolute Gasteiger partial charge is 0.339 e. The van der Waals surface area contributed by atoms with E-state index in [-0.39, 0.29) is 13.1 Å². The zero-order chi connectivity index (χ0) is 15.3. The summed E-state index contributed by atoms with van der Waals surface area (Å²) in [5.41, 5.74) is 0.894. The molecule has 0 N–H and O–H groups in total. The molecule has 22 heavy (non-hydrogen) atoms. The fourth-order valence-electron chi connectivity index (χ4n) is 2.53. The lowest BCUT2D eigenvalue weighted by Crippen LogP contribution is -2.35.